The van der Waals surface area contributed by atoms with Gasteiger partial charge in [-0.25, -0.2) is 0 Å². The molecule has 132 valence electrons. The molecule has 0 amide bonds. The van der Waals surface area contributed by atoms with Crippen LogP contribution in [0, 0.1) is 5.92 Å². The second-order valence-corrected chi connectivity index (χ2v) is 7.12. The lowest BCUT2D eigenvalue weighted by Crippen LogP contribution is -2.28. The highest BCUT2D eigenvalue weighted by atomic mass is 35.5. The number of ether oxygens (including phenoxy) is 1. The summed E-state index contributed by atoms with van der Waals surface area (Å²) in [5.41, 5.74) is 6.55. The van der Waals surface area contributed by atoms with Crippen LogP contribution in [-0.2, 0) is 13.1 Å². The largest absolute Gasteiger partial charge is 0.491 e. The van der Waals surface area contributed by atoms with E-state index in [9.17, 15) is 4.79 Å². The number of pyridine rings is 1. The lowest BCUT2D eigenvalue weighted by Gasteiger charge is -2.20. The van der Waals surface area contributed by atoms with Gasteiger partial charge in [-0.05, 0) is 24.5 Å². The van der Waals surface area contributed by atoms with Crippen molar-refractivity contribution in [1.82, 2.24) is 4.57 Å². The average Bonchev–Trinajstić information content (AvgIpc) is 2.53. The molecule has 6 heteroatoms. The highest BCUT2D eigenvalue weighted by Crippen LogP contribution is 2.34. The summed E-state index contributed by atoms with van der Waals surface area (Å²) in [6.07, 6.45) is 1.95. The fourth-order valence-electron chi connectivity index (χ4n) is 2.70. The van der Waals surface area contributed by atoms with E-state index < -0.39 is 0 Å². The van der Waals surface area contributed by atoms with Gasteiger partial charge in [0.05, 0.1) is 27.7 Å². The van der Waals surface area contributed by atoms with Crippen LogP contribution in [0.5, 0.6) is 5.75 Å². The van der Waals surface area contributed by atoms with E-state index in [1.54, 1.807) is 16.7 Å². The molecule has 4 nitrogen and oxygen atoms in total. The number of hydrogen-bond acceptors (Lipinski definition) is 3. The second kappa shape index (κ2) is 8.24. The van der Waals surface area contributed by atoms with Crippen LogP contribution in [0.2, 0.25) is 10.0 Å². The number of rotatable bonds is 7. The molecule has 1 aromatic carbocycles. The molecule has 0 fully saturated rings. The number of unbranched alkanes of at least 4 members (excludes halogenated alkanes) is 1. The molecular formula is C18H24Cl2N2O2. The smallest absolute Gasteiger partial charge is 0.258 e. The Morgan fingerprint density at radius 1 is 1.21 bits per heavy atom. The summed E-state index contributed by atoms with van der Waals surface area (Å²) in [4.78, 5) is 12.9. The molecule has 0 radical (unpaired) electrons. The van der Waals surface area contributed by atoms with E-state index in [0.29, 0.717) is 51.3 Å². The van der Waals surface area contributed by atoms with E-state index in [4.69, 9.17) is 33.7 Å². The Bertz CT molecular complexity index is 785. The molecule has 2 N–H and O–H groups in total. The zero-order valence-electron chi connectivity index (χ0n) is 14.4. The van der Waals surface area contributed by atoms with Crippen molar-refractivity contribution in [3.05, 3.63) is 38.2 Å². The summed E-state index contributed by atoms with van der Waals surface area (Å²) in [6, 6.07) is 3.31. The van der Waals surface area contributed by atoms with Crippen LogP contribution in [0.3, 0.4) is 0 Å². The molecule has 24 heavy (non-hydrogen) atoms. The normalized spacial score (nSPS) is 11.5. The van der Waals surface area contributed by atoms with Crippen LogP contribution in [0.4, 0.5) is 0 Å². The van der Waals surface area contributed by atoms with Crippen molar-refractivity contribution in [1.29, 1.82) is 0 Å². The molecule has 0 saturated heterocycles. The summed E-state index contributed by atoms with van der Waals surface area (Å²) >= 11 is 12.3. The monoisotopic (exact) mass is 370 g/mol. The van der Waals surface area contributed by atoms with Gasteiger partial charge in [0.15, 0.2) is 0 Å². The minimum absolute atomic E-state index is 0.111. The van der Waals surface area contributed by atoms with Crippen LogP contribution in [0.15, 0.2) is 16.9 Å². The van der Waals surface area contributed by atoms with Crippen LogP contribution >= 0.6 is 23.2 Å². The standard InChI is InChI=1S/C18H24Cl2N2O2/c1-4-5-6-24-17-12-7-14(19)15(20)8-13(12)18(23)22(10-11(2)3)16(17)9-21/h7-8,11H,4-6,9-10,21H2,1-3H3. The number of nitrogens with zero attached hydrogens (tertiary/aromatic N) is 1. The maximum atomic E-state index is 12.9. The Balaban J connectivity index is 2.78. The van der Waals surface area contributed by atoms with E-state index in [1.807, 2.05) is 0 Å². The lowest BCUT2D eigenvalue weighted by molar-refractivity contribution is 0.304. The third kappa shape index (κ3) is 3.88. The third-order valence-corrected chi connectivity index (χ3v) is 4.58. The van der Waals surface area contributed by atoms with Gasteiger partial charge in [-0.1, -0.05) is 50.4 Å². The average molecular weight is 371 g/mol. The van der Waals surface area contributed by atoms with Crippen molar-refractivity contribution < 1.29 is 4.74 Å². The van der Waals surface area contributed by atoms with Crippen molar-refractivity contribution in [2.45, 2.75) is 46.7 Å². The number of nitrogens with two attached hydrogens (primary N) is 1. The molecule has 0 aliphatic carbocycles. The van der Waals surface area contributed by atoms with Gasteiger partial charge < -0.3 is 15.0 Å². The topological polar surface area (TPSA) is 57.2 Å². The molecular weight excluding hydrogens is 347 g/mol. The molecule has 0 aliphatic heterocycles. The Kier molecular flexibility index (Phi) is 6.55. The molecule has 0 spiro atoms. The first-order valence-corrected chi connectivity index (χ1v) is 9.03. The van der Waals surface area contributed by atoms with Gasteiger partial charge in [0, 0.05) is 18.5 Å². The fourth-order valence-corrected chi connectivity index (χ4v) is 3.03. The van der Waals surface area contributed by atoms with Crippen molar-refractivity contribution in [2.24, 2.45) is 11.7 Å². The number of halogens is 2. The van der Waals surface area contributed by atoms with E-state index in [0.717, 1.165) is 12.8 Å². The van der Waals surface area contributed by atoms with Gasteiger partial charge in [-0.3, -0.25) is 4.79 Å². The maximum Gasteiger partial charge on any atom is 0.258 e. The molecule has 0 aliphatic rings. The highest BCUT2D eigenvalue weighted by Gasteiger charge is 2.19. The van der Waals surface area contributed by atoms with Crippen molar-refractivity contribution in [3.8, 4) is 5.75 Å². The predicted molar refractivity (Wildman–Crippen MR) is 101 cm³/mol. The quantitative estimate of drug-likeness (QED) is 0.724. The third-order valence-electron chi connectivity index (χ3n) is 3.85. The molecule has 1 aromatic heterocycles. The number of hydrogen-bond donors (Lipinski definition) is 1. The van der Waals surface area contributed by atoms with Gasteiger partial charge in [0.25, 0.3) is 5.56 Å². The Hall–Kier alpha value is -1.23. The van der Waals surface area contributed by atoms with Crippen molar-refractivity contribution >= 4 is 34.0 Å². The lowest BCUT2D eigenvalue weighted by atomic mass is 10.1. The first-order chi connectivity index (χ1) is 11.4. The molecule has 0 bridgehead atoms. The van der Waals surface area contributed by atoms with E-state index in [1.165, 1.54) is 0 Å². The van der Waals surface area contributed by atoms with Crippen molar-refractivity contribution in [2.75, 3.05) is 6.61 Å². The number of aromatic nitrogens is 1. The van der Waals surface area contributed by atoms with Crippen LogP contribution in [0.25, 0.3) is 10.8 Å². The molecule has 1 heterocycles. The molecule has 2 rings (SSSR count). The van der Waals surface area contributed by atoms with Crippen LogP contribution in [0.1, 0.15) is 39.3 Å². The Morgan fingerprint density at radius 2 is 1.83 bits per heavy atom. The van der Waals surface area contributed by atoms with Gasteiger partial charge in [0.1, 0.15) is 5.75 Å². The number of fused-ring (bicyclic) bond motifs is 1. The van der Waals surface area contributed by atoms with E-state index >= 15 is 0 Å². The SMILES string of the molecule is CCCCOc1c(CN)n(CC(C)C)c(=O)c2cc(Cl)c(Cl)cc12. The van der Waals surface area contributed by atoms with Crippen molar-refractivity contribution in [3.63, 3.8) is 0 Å². The summed E-state index contributed by atoms with van der Waals surface area (Å²) in [6.45, 7) is 7.58. The first kappa shape index (κ1) is 19.1. The highest BCUT2D eigenvalue weighted by molar-refractivity contribution is 6.42. The summed E-state index contributed by atoms with van der Waals surface area (Å²) in [5, 5.41) is 1.94. The molecule has 0 atom stereocenters. The van der Waals surface area contributed by atoms with Gasteiger partial charge in [-0.2, -0.15) is 0 Å². The first-order valence-electron chi connectivity index (χ1n) is 8.27. The summed E-state index contributed by atoms with van der Waals surface area (Å²) in [7, 11) is 0. The Morgan fingerprint density at radius 3 is 2.38 bits per heavy atom. The van der Waals surface area contributed by atoms with Gasteiger partial charge in [-0.15, -0.1) is 0 Å². The summed E-state index contributed by atoms with van der Waals surface area (Å²) in [5.74, 6) is 0.941. The van der Waals surface area contributed by atoms with Gasteiger partial charge in [0.2, 0.25) is 0 Å². The van der Waals surface area contributed by atoms with Gasteiger partial charge >= 0.3 is 0 Å². The molecule has 0 saturated carbocycles. The number of benzene rings is 1. The predicted octanol–water partition coefficient (Wildman–Crippen LogP) is 4.60. The zero-order chi connectivity index (χ0) is 17.9. The maximum absolute atomic E-state index is 12.9. The second-order valence-electron chi connectivity index (χ2n) is 6.30. The van der Waals surface area contributed by atoms with E-state index in [-0.39, 0.29) is 12.1 Å². The van der Waals surface area contributed by atoms with E-state index in [2.05, 4.69) is 20.8 Å². The van der Waals surface area contributed by atoms with Crippen LogP contribution < -0.4 is 16.0 Å². The molecule has 2 aromatic rings. The molecule has 0 unspecified atom stereocenters. The minimum Gasteiger partial charge on any atom is -0.491 e. The zero-order valence-corrected chi connectivity index (χ0v) is 15.9. The van der Waals surface area contributed by atoms with Crippen LogP contribution in [-0.4, -0.2) is 11.2 Å². The Labute approximate surface area is 152 Å². The fraction of sp³-hybridized carbons (Fsp3) is 0.500. The summed E-state index contributed by atoms with van der Waals surface area (Å²) < 4.78 is 7.72. The minimum atomic E-state index is -0.111.